The van der Waals surface area contributed by atoms with Gasteiger partial charge in [0.25, 0.3) is 0 Å². The van der Waals surface area contributed by atoms with Crippen LogP contribution in [0.15, 0.2) is 24.3 Å². The SMILES string of the molecule is CCN1CSC(=S)N(c2cccc(Cl)c2)C1. The first-order valence-corrected chi connectivity index (χ1v) is 6.90. The molecule has 86 valence electrons. The van der Waals surface area contributed by atoms with Crippen LogP contribution in [0.1, 0.15) is 6.92 Å². The van der Waals surface area contributed by atoms with Gasteiger partial charge in [-0.15, -0.1) is 0 Å². The molecule has 0 aliphatic carbocycles. The average Bonchev–Trinajstić information content (AvgIpc) is 2.30. The molecule has 0 bridgehead atoms. The maximum absolute atomic E-state index is 5.99. The lowest BCUT2D eigenvalue weighted by atomic mass is 10.3. The number of anilines is 1. The van der Waals surface area contributed by atoms with Gasteiger partial charge in [-0.25, -0.2) is 0 Å². The maximum Gasteiger partial charge on any atom is 0.143 e. The van der Waals surface area contributed by atoms with Crippen LogP contribution in [0.3, 0.4) is 0 Å². The first-order valence-electron chi connectivity index (χ1n) is 5.13. The Morgan fingerprint density at radius 3 is 3.00 bits per heavy atom. The highest BCUT2D eigenvalue weighted by Gasteiger charge is 2.21. The summed E-state index contributed by atoms with van der Waals surface area (Å²) in [6.45, 7) is 4.04. The second kappa shape index (κ2) is 5.36. The molecule has 0 saturated carbocycles. The molecule has 0 unspecified atom stereocenters. The molecule has 0 aromatic heterocycles. The Bertz CT molecular complexity index is 397. The Kier molecular flexibility index (Phi) is 4.08. The molecule has 1 aromatic rings. The fourth-order valence-corrected chi connectivity index (χ4v) is 2.93. The zero-order valence-corrected chi connectivity index (χ0v) is 11.4. The zero-order chi connectivity index (χ0) is 11.5. The molecule has 0 amide bonds. The minimum atomic E-state index is 0.749. The van der Waals surface area contributed by atoms with Crippen molar-refractivity contribution in [2.75, 3.05) is 24.0 Å². The van der Waals surface area contributed by atoms with Gasteiger partial charge in [0.15, 0.2) is 0 Å². The molecule has 0 N–H and O–H groups in total. The summed E-state index contributed by atoms with van der Waals surface area (Å²) in [4.78, 5) is 4.46. The second-order valence-corrected chi connectivity index (χ2v) is 5.59. The highest BCUT2D eigenvalue weighted by Crippen LogP contribution is 2.26. The largest absolute Gasteiger partial charge is 0.314 e. The molecule has 1 aromatic carbocycles. The highest BCUT2D eigenvalue weighted by atomic mass is 35.5. The maximum atomic E-state index is 5.99. The smallest absolute Gasteiger partial charge is 0.143 e. The molecule has 1 saturated heterocycles. The number of halogens is 1. The number of thiocarbonyl (C=S) groups is 1. The van der Waals surface area contributed by atoms with E-state index in [0.717, 1.165) is 34.1 Å². The third-order valence-electron chi connectivity index (χ3n) is 2.50. The van der Waals surface area contributed by atoms with Crippen molar-refractivity contribution in [1.29, 1.82) is 0 Å². The molecule has 0 atom stereocenters. The Morgan fingerprint density at radius 1 is 1.50 bits per heavy atom. The first-order chi connectivity index (χ1) is 7.70. The lowest BCUT2D eigenvalue weighted by Gasteiger charge is -2.36. The van der Waals surface area contributed by atoms with Crippen LogP contribution in [0.25, 0.3) is 0 Å². The van der Waals surface area contributed by atoms with Crippen molar-refractivity contribution in [2.24, 2.45) is 0 Å². The van der Waals surface area contributed by atoms with Crippen LogP contribution in [0, 0.1) is 0 Å². The molecule has 1 fully saturated rings. The molecule has 16 heavy (non-hydrogen) atoms. The Morgan fingerprint density at radius 2 is 2.31 bits per heavy atom. The van der Waals surface area contributed by atoms with E-state index in [-0.39, 0.29) is 0 Å². The monoisotopic (exact) mass is 272 g/mol. The molecule has 5 heteroatoms. The molecule has 0 spiro atoms. The van der Waals surface area contributed by atoms with E-state index in [2.05, 4.69) is 16.7 Å². The Balaban J connectivity index is 2.21. The van der Waals surface area contributed by atoms with Crippen molar-refractivity contribution in [3.05, 3.63) is 29.3 Å². The fraction of sp³-hybridized carbons (Fsp3) is 0.364. The van der Waals surface area contributed by atoms with Gasteiger partial charge in [0.1, 0.15) is 4.32 Å². The van der Waals surface area contributed by atoms with E-state index in [1.54, 1.807) is 11.8 Å². The van der Waals surface area contributed by atoms with Crippen molar-refractivity contribution < 1.29 is 0 Å². The van der Waals surface area contributed by atoms with Gasteiger partial charge in [0.05, 0.1) is 12.5 Å². The fourth-order valence-electron chi connectivity index (χ4n) is 1.55. The number of hydrogen-bond donors (Lipinski definition) is 0. The molecule has 0 radical (unpaired) electrons. The van der Waals surface area contributed by atoms with Crippen molar-refractivity contribution >= 4 is 45.6 Å². The summed E-state index contributed by atoms with van der Waals surface area (Å²) in [5.41, 5.74) is 1.07. The number of rotatable bonds is 2. The van der Waals surface area contributed by atoms with Gasteiger partial charge >= 0.3 is 0 Å². The molecule has 1 aliphatic rings. The predicted molar refractivity (Wildman–Crippen MR) is 76.2 cm³/mol. The molecule has 1 heterocycles. The lowest BCUT2D eigenvalue weighted by Crippen LogP contribution is -2.44. The minimum Gasteiger partial charge on any atom is -0.314 e. The van der Waals surface area contributed by atoms with Crippen LogP contribution in [-0.4, -0.2) is 28.3 Å². The summed E-state index contributed by atoms with van der Waals surface area (Å²) in [5.74, 6) is 0.979. The molecule has 2 rings (SSSR count). The normalized spacial score (nSPS) is 17.9. The highest BCUT2D eigenvalue weighted by molar-refractivity contribution is 8.23. The summed E-state index contributed by atoms with van der Waals surface area (Å²) >= 11 is 13.1. The number of thioether (sulfide) groups is 1. The quantitative estimate of drug-likeness (QED) is 0.761. The van der Waals surface area contributed by atoms with E-state index in [0.29, 0.717) is 0 Å². The standard InChI is InChI=1S/C11H13ClN2S2/c1-2-13-7-14(11(15)16-8-13)10-5-3-4-9(12)6-10/h3-6H,2,7-8H2,1H3. The van der Waals surface area contributed by atoms with Gasteiger partial charge in [-0.05, 0) is 24.7 Å². The average molecular weight is 273 g/mol. The lowest BCUT2D eigenvalue weighted by molar-refractivity contribution is 0.347. The minimum absolute atomic E-state index is 0.749. The van der Waals surface area contributed by atoms with E-state index >= 15 is 0 Å². The topological polar surface area (TPSA) is 6.48 Å². The molecule has 2 nitrogen and oxygen atoms in total. The van der Waals surface area contributed by atoms with Crippen molar-refractivity contribution in [3.8, 4) is 0 Å². The van der Waals surface area contributed by atoms with Crippen molar-refractivity contribution in [2.45, 2.75) is 6.92 Å². The van der Waals surface area contributed by atoms with Gasteiger partial charge in [0.2, 0.25) is 0 Å². The van der Waals surface area contributed by atoms with Crippen LogP contribution in [0.4, 0.5) is 5.69 Å². The van der Waals surface area contributed by atoms with Crippen LogP contribution in [0.5, 0.6) is 0 Å². The number of nitrogens with zero attached hydrogens (tertiary/aromatic N) is 2. The molecule has 1 aliphatic heterocycles. The van der Waals surface area contributed by atoms with Crippen LogP contribution in [0.2, 0.25) is 5.02 Å². The third-order valence-corrected chi connectivity index (χ3v) is 4.27. The van der Waals surface area contributed by atoms with E-state index < -0.39 is 0 Å². The summed E-state index contributed by atoms with van der Waals surface area (Å²) in [6.07, 6.45) is 0. The van der Waals surface area contributed by atoms with Gasteiger partial charge in [-0.1, -0.05) is 48.6 Å². The first kappa shape index (κ1) is 12.2. The number of hydrogen-bond acceptors (Lipinski definition) is 3. The van der Waals surface area contributed by atoms with Crippen molar-refractivity contribution in [1.82, 2.24) is 4.90 Å². The summed E-state index contributed by atoms with van der Waals surface area (Å²) < 4.78 is 0.923. The van der Waals surface area contributed by atoms with Gasteiger partial charge < -0.3 is 4.90 Å². The van der Waals surface area contributed by atoms with E-state index in [9.17, 15) is 0 Å². The third kappa shape index (κ3) is 2.69. The van der Waals surface area contributed by atoms with Crippen LogP contribution < -0.4 is 4.90 Å². The number of benzene rings is 1. The van der Waals surface area contributed by atoms with E-state index in [1.165, 1.54) is 0 Å². The van der Waals surface area contributed by atoms with Gasteiger partial charge in [-0.3, -0.25) is 4.90 Å². The van der Waals surface area contributed by atoms with E-state index in [4.69, 9.17) is 23.8 Å². The van der Waals surface area contributed by atoms with Crippen molar-refractivity contribution in [3.63, 3.8) is 0 Å². The van der Waals surface area contributed by atoms with E-state index in [1.807, 2.05) is 24.3 Å². The summed E-state index contributed by atoms with van der Waals surface area (Å²) in [7, 11) is 0. The molecular formula is C11H13ClN2S2. The summed E-state index contributed by atoms with van der Waals surface area (Å²) in [6, 6.07) is 7.82. The predicted octanol–water partition coefficient (Wildman–Crippen LogP) is 3.42. The van der Waals surface area contributed by atoms with Crippen LogP contribution in [-0.2, 0) is 0 Å². The summed E-state index contributed by atoms with van der Waals surface area (Å²) in [5, 5.41) is 0.749. The zero-order valence-electron chi connectivity index (χ0n) is 9.02. The second-order valence-electron chi connectivity index (χ2n) is 3.58. The Hall–Kier alpha value is -0.290. The molecular weight excluding hydrogens is 260 g/mol. The van der Waals surface area contributed by atoms with Gasteiger partial charge in [0, 0.05) is 10.7 Å². The van der Waals surface area contributed by atoms with Crippen LogP contribution >= 0.6 is 35.6 Å². The van der Waals surface area contributed by atoms with Gasteiger partial charge in [-0.2, -0.15) is 0 Å². The Labute approximate surface area is 111 Å².